The molecule has 3 N–H and O–H groups in total. The lowest BCUT2D eigenvalue weighted by atomic mass is 10.1. The molecule has 1 amide bonds. The Morgan fingerprint density at radius 1 is 1.69 bits per heavy atom. The molecule has 1 aromatic heterocycles. The molecule has 0 bridgehead atoms. The average Bonchev–Trinajstić information content (AvgIpc) is 2.49. The van der Waals surface area contributed by atoms with Crippen LogP contribution in [0.25, 0.3) is 0 Å². The maximum absolute atomic E-state index is 11.0. The molecule has 0 aliphatic carbocycles. The zero-order valence-electron chi connectivity index (χ0n) is 6.91. The van der Waals surface area contributed by atoms with Crippen LogP contribution in [0, 0.1) is 0 Å². The van der Waals surface area contributed by atoms with E-state index in [1.54, 1.807) is 13.0 Å². The number of hydrazine groups is 1. The van der Waals surface area contributed by atoms with Gasteiger partial charge in [0.2, 0.25) is 5.91 Å². The smallest absolute Gasteiger partial charge is 0.241 e. The second-order valence-electron chi connectivity index (χ2n) is 2.37. The van der Waals surface area contributed by atoms with E-state index in [4.69, 9.17) is 17.4 Å². The Balaban J connectivity index is 0.00000144. The summed E-state index contributed by atoms with van der Waals surface area (Å²) in [4.78, 5) is 12.0. The molecule has 0 aliphatic rings. The summed E-state index contributed by atoms with van der Waals surface area (Å²) in [6.45, 7) is 1.78. The molecule has 0 aliphatic heterocycles. The third-order valence-corrected chi connectivity index (χ3v) is 2.97. The minimum Gasteiger partial charge on any atom is -0.294 e. The van der Waals surface area contributed by atoms with E-state index in [0.29, 0.717) is 4.34 Å². The minimum absolute atomic E-state index is 0. The topological polar surface area (TPSA) is 55.1 Å². The fourth-order valence-electron chi connectivity index (χ4n) is 0.815. The predicted octanol–water partition coefficient (Wildman–Crippen LogP) is 1.92. The Kier molecular flexibility index (Phi) is 5.32. The summed E-state index contributed by atoms with van der Waals surface area (Å²) in [5.74, 6) is 4.56. The molecule has 1 atom stereocenters. The normalized spacial score (nSPS) is 11.6. The molecule has 1 heterocycles. The van der Waals surface area contributed by atoms with Crippen molar-refractivity contribution >= 4 is 41.3 Å². The highest BCUT2D eigenvalue weighted by atomic mass is 35.5. The quantitative estimate of drug-likeness (QED) is 0.472. The highest BCUT2D eigenvalue weighted by Gasteiger charge is 2.15. The van der Waals surface area contributed by atoms with E-state index >= 15 is 0 Å². The van der Waals surface area contributed by atoms with Crippen LogP contribution < -0.4 is 11.3 Å². The van der Waals surface area contributed by atoms with Crippen molar-refractivity contribution < 1.29 is 4.79 Å². The van der Waals surface area contributed by atoms with Crippen LogP contribution in [-0.2, 0) is 4.79 Å². The standard InChI is InChI=1S/C7H9ClN2OS.ClH/c1-4(7(11)10-9)5-2-3-6(8)12-5;/h2-4H,9H2,1H3,(H,10,11);1H. The number of carbonyl (C=O) groups is 1. The first-order chi connectivity index (χ1) is 5.65. The van der Waals surface area contributed by atoms with Gasteiger partial charge in [-0.25, -0.2) is 5.84 Å². The number of thiophene rings is 1. The Morgan fingerprint density at radius 2 is 2.31 bits per heavy atom. The van der Waals surface area contributed by atoms with Gasteiger partial charge in [0, 0.05) is 4.88 Å². The van der Waals surface area contributed by atoms with E-state index in [1.165, 1.54) is 11.3 Å². The Morgan fingerprint density at radius 3 is 2.69 bits per heavy atom. The second-order valence-corrected chi connectivity index (χ2v) is 4.12. The van der Waals surface area contributed by atoms with Gasteiger partial charge in [-0.15, -0.1) is 23.7 Å². The van der Waals surface area contributed by atoms with Gasteiger partial charge in [-0.05, 0) is 19.1 Å². The summed E-state index contributed by atoms with van der Waals surface area (Å²) in [6, 6.07) is 3.59. The van der Waals surface area contributed by atoms with Crippen LogP contribution >= 0.6 is 35.3 Å². The van der Waals surface area contributed by atoms with Crippen LogP contribution in [-0.4, -0.2) is 5.91 Å². The molecular weight excluding hydrogens is 231 g/mol. The predicted molar refractivity (Wildman–Crippen MR) is 57.3 cm³/mol. The zero-order valence-corrected chi connectivity index (χ0v) is 9.30. The van der Waals surface area contributed by atoms with Crippen molar-refractivity contribution in [1.29, 1.82) is 0 Å². The van der Waals surface area contributed by atoms with Gasteiger partial charge in [-0.1, -0.05) is 11.6 Å². The molecule has 0 saturated carbocycles. The summed E-state index contributed by atoms with van der Waals surface area (Å²) < 4.78 is 0.682. The number of hydrogen-bond acceptors (Lipinski definition) is 3. The average molecular weight is 241 g/mol. The van der Waals surface area contributed by atoms with Crippen LogP contribution in [0.2, 0.25) is 4.34 Å². The van der Waals surface area contributed by atoms with Crippen molar-refractivity contribution in [2.24, 2.45) is 5.84 Å². The molecule has 0 aromatic carbocycles. The lowest BCUT2D eigenvalue weighted by Gasteiger charge is -2.05. The summed E-state index contributed by atoms with van der Waals surface area (Å²) in [7, 11) is 0. The molecule has 1 unspecified atom stereocenters. The number of halogens is 2. The maximum Gasteiger partial charge on any atom is 0.241 e. The monoisotopic (exact) mass is 240 g/mol. The van der Waals surface area contributed by atoms with E-state index in [0.717, 1.165) is 4.88 Å². The van der Waals surface area contributed by atoms with Crippen LogP contribution in [0.15, 0.2) is 12.1 Å². The fraction of sp³-hybridized carbons (Fsp3) is 0.286. The molecule has 0 radical (unpaired) electrons. The Labute approximate surface area is 91.6 Å². The van der Waals surface area contributed by atoms with Gasteiger partial charge in [0.25, 0.3) is 0 Å². The largest absolute Gasteiger partial charge is 0.294 e. The van der Waals surface area contributed by atoms with Crippen LogP contribution in [0.1, 0.15) is 17.7 Å². The van der Waals surface area contributed by atoms with E-state index in [2.05, 4.69) is 5.43 Å². The second kappa shape index (κ2) is 5.44. The van der Waals surface area contributed by atoms with E-state index < -0.39 is 0 Å². The molecule has 1 aromatic rings. The zero-order chi connectivity index (χ0) is 9.14. The van der Waals surface area contributed by atoms with Crippen LogP contribution in [0.5, 0.6) is 0 Å². The van der Waals surface area contributed by atoms with Crippen LogP contribution in [0.3, 0.4) is 0 Å². The van der Waals surface area contributed by atoms with Gasteiger partial charge in [-0.2, -0.15) is 0 Å². The Bertz CT molecular complexity index is 290. The third kappa shape index (κ3) is 3.15. The number of rotatable bonds is 2. The molecule has 0 spiro atoms. The number of nitrogens with one attached hydrogen (secondary N) is 1. The molecular formula is C7H10Cl2N2OS. The van der Waals surface area contributed by atoms with Crippen molar-refractivity contribution in [3.63, 3.8) is 0 Å². The maximum atomic E-state index is 11.0. The molecule has 3 nitrogen and oxygen atoms in total. The molecule has 6 heteroatoms. The van der Waals surface area contributed by atoms with Crippen LogP contribution in [0.4, 0.5) is 0 Å². The van der Waals surface area contributed by atoms with Gasteiger partial charge in [0.1, 0.15) is 0 Å². The van der Waals surface area contributed by atoms with Gasteiger partial charge in [0.05, 0.1) is 10.3 Å². The lowest BCUT2D eigenvalue weighted by molar-refractivity contribution is -0.122. The highest BCUT2D eigenvalue weighted by molar-refractivity contribution is 7.16. The molecule has 74 valence electrons. The summed E-state index contributed by atoms with van der Waals surface area (Å²) in [5, 5.41) is 0. The highest BCUT2D eigenvalue weighted by Crippen LogP contribution is 2.27. The first kappa shape index (κ1) is 12.7. The molecule has 0 fully saturated rings. The minimum atomic E-state index is -0.229. The van der Waals surface area contributed by atoms with Gasteiger partial charge in [0.15, 0.2) is 0 Å². The van der Waals surface area contributed by atoms with E-state index in [1.807, 2.05) is 6.07 Å². The van der Waals surface area contributed by atoms with Gasteiger partial charge in [-0.3, -0.25) is 10.2 Å². The molecule has 0 saturated heterocycles. The van der Waals surface area contributed by atoms with Crippen molar-refractivity contribution in [1.82, 2.24) is 5.43 Å². The number of nitrogens with two attached hydrogens (primary N) is 1. The third-order valence-electron chi connectivity index (χ3n) is 1.56. The van der Waals surface area contributed by atoms with Gasteiger partial charge < -0.3 is 0 Å². The van der Waals surface area contributed by atoms with Crippen molar-refractivity contribution in [3.8, 4) is 0 Å². The van der Waals surface area contributed by atoms with E-state index in [9.17, 15) is 4.79 Å². The first-order valence-electron chi connectivity index (χ1n) is 3.41. The lowest BCUT2D eigenvalue weighted by Crippen LogP contribution is -2.33. The first-order valence-corrected chi connectivity index (χ1v) is 4.60. The number of amides is 1. The van der Waals surface area contributed by atoms with Crippen molar-refractivity contribution in [2.75, 3.05) is 0 Å². The molecule has 1 rings (SSSR count). The summed E-state index contributed by atoms with van der Waals surface area (Å²) in [5.41, 5.74) is 2.10. The number of hydrogen-bond donors (Lipinski definition) is 2. The van der Waals surface area contributed by atoms with Crippen molar-refractivity contribution in [3.05, 3.63) is 21.3 Å². The SMILES string of the molecule is CC(C(=O)NN)c1ccc(Cl)s1.Cl. The molecule has 13 heavy (non-hydrogen) atoms. The summed E-state index contributed by atoms with van der Waals surface area (Å²) in [6.07, 6.45) is 0. The summed E-state index contributed by atoms with van der Waals surface area (Å²) >= 11 is 7.10. The number of carbonyl (C=O) groups excluding carboxylic acids is 1. The van der Waals surface area contributed by atoms with Gasteiger partial charge >= 0.3 is 0 Å². The fourth-order valence-corrected chi connectivity index (χ4v) is 1.93. The van der Waals surface area contributed by atoms with E-state index in [-0.39, 0.29) is 24.2 Å². The van der Waals surface area contributed by atoms with Crippen molar-refractivity contribution in [2.45, 2.75) is 12.8 Å². The Hall–Kier alpha value is -0.290.